The molecule has 3 aromatic carbocycles. The number of nitrogens with zero attached hydrogens (tertiary/aromatic N) is 4. The van der Waals surface area contributed by atoms with E-state index in [1.807, 2.05) is 73.7 Å². The van der Waals surface area contributed by atoms with Gasteiger partial charge in [0.05, 0.1) is 22.5 Å². The number of fused-ring (bicyclic) bond motifs is 1. The predicted molar refractivity (Wildman–Crippen MR) is 141 cm³/mol. The second-order valence-electron chi connectivity index (χ2n) is 8.47. The highest BCUT2D eigenvalue weighted by Gasteiger charge is 2.22. The van der Waals surface area contributed by atoms with Crippen LogP contribution < -0.4 is 10.5 Å². The van der Waals surface area contributed by atoms with Crippen molar-refractivity contribution in [1.29, 1.82) is 0 Å². The second kappa shape index (κ2) is 9.64. The number of hydrogen-bond acceptors (Lipinski definition) is 5. The average Bonchev–Trinajstić information content (AvgIpc) is 3.29. The number of hydrogen-bond donors (Lipinski definition) is 0. The lowest BCUT2D eigenvalue weighted by atomic mass is 10.1. The van der Waals surface area contributed by atoms with E-state index < -0.39 is 0 Å². The molecule has 0 aliphatic heterocycles. The molecular weight excluding hydrogens is 456 g/mol. The monoisotopic (exact) mass is 480 g/mol. The standard InChI is InChI=1S/C28H24N4O2S/c1-19-15-20(2)27-24(16-19)29-28(35-27)31(17-21-9-5-3-6-10-21)26(34)18-32-25(33)14-13-23(30-32)22-11-7-4-8-12-22/h3-16H,17-18H2,1-2H3. The van der Waals surface area contributed by atoms with Gasteiger partial charge in [0.25, 0.3) is 11.5 Å². The van der Waals surface area contributed by atoms with Crippen LogP contribution in [0.3, 0.4) is 0 Å². The molecule has 0 aliphatic rings. The Morgan fingerprint density at radius 3 is 2.40 bits per heavy atom. The summed E-state index contributed by atoms with van der Waals surface area (Å²) in [6.45, 7) is 4.26. The Bertz CT molecular complexity index is 1560. The number of amides is 1. The van der Waals surface area contributed by atoms with Gasteiger partial charge in [-0.25, -0.2) is 9.67 Å². The highest BCUT2D eigenvalue weighted by Crippen LogP contribution is 2.33. The van der Waals surface area contributed by atoms with Gasteiger partial charge in [0.2, 0.25) is 0 Å². The zero-order valence-corrected chi connectivity index (χ0v) is 20.3. The summed E-state index contributed by atoms with van der Waals surface area (Å²) in [5.41, 5.74) is 5.30. The molecule has 5 rings (SSSR count). The maximum atomic E-state index is 13.6. The van der Waals surface area contributed by atoms with Crippen molar-refractivity contribution in [1.82, 2.24) is 14.8 Å². The van der Waals surface area contributed by atoms with E-state index in [-0.39, 0.29) is 18.0 Å². The number of benzene rings is 3. The maximum Gasteiger partial charge on any atom is 0.267 e. The fraction of sp³-hybridized carbons (Fsp3) is 0.143. The first-order valence-electron chi connectivity index (χ1n) is 11.3. The average molecular weight is 481 g/mol. The molecule has 2 aromatic heterocycles. The minimum Gasteiger partial charge on any atom is -0.282 e. The van der Waals surface area contributed by atoms with Crippen molar-refractivity contribution < 1.29 is 4.79 Å². The summed E-state index contributed by atoms with van der Waals surface area (Å²) in [4.78, 5) is 32.7. The van der Waals surface area contributed by atoms with E-state index >= 15 is 0 Å². The van der Waals surface area contributed by atoms with Gasteiger partial charge in [-0.1, -0.05) is 78.1 Å². The number of rotatable bonds is 6. The molecule has 0 saturated heterocycles. The Balaban J connectivity index is 1.52. The Morgan fingerprint density at radius 1 is 0.943 bits per heavy atom. The number of aryl methyl sites for hydroxylation is 2. The van der Waals surface area contributed by atoms with Crippen LogP contribution in [-0.2, 0) is 17.9 Å². The van der Waals surface area contributed by atoms with Crippen LogP contribution in [-0.4, -0.2) is 20.7 Å². The van der Waals surface area contributed by atoms with E-state index in [0.717, 1.165) is 32.5 Å². The number of carbonyl (C=O) groups excluding carboxylic acids is 1. The first-order chi connectivity index (χ1) is 17.0. The molecule has 174 valence electrons. The van der Waals surface area contributed by atoms with E-state index in [1.54, 1.807) is 11.0 Å². The van der Waals surface area contributed by atoms with Gasteiger partial charge in [0.1, 0.15) is 6.54 Å². The Hall–Kier alpha value is -4.10. The molecule has 35 heavy (non-hydrogen) atoms. The molecule has 5 aromatic rings. The number of anilines is 1. The lowest BCUT2D eigenvalue weighted by molar-refractivity contribution is -0.119. The molecule has 1 amide bonds. The van der Waals surface area contributed by atoms with Gasteiger partial charge < -0.3 is 0 Å². The zero-order valence-electron chi connectivity index (χ0n) is 19.5. The largest absolute Gasteiger partial charge is 0.282 e. The summed E-state index contributed by atoms with van der Waals surface area (Å²) in [6, 6.07) is 26.7. The summed E-state index contributed by atoms with van der Waals surface area (Å²) in [5.74, 6) is -0.248. The van der Waals surface area contributed by atoms with Crippen molar-refractivity contribution in [3.8, 4) is 11.3 Å². The second-order valence-corrected chi connectivity index (χ2v) is 9.45. The topological polar surface area (TPSA) is 68.1 Å². The van der Waals surface area contributed by atoms with Crippen LogP contribution >= 0.6 is 11.3 Å². The lowest BCUT2D eigenvalue weighted by Gasteiger charge is -2.20. The van der Waals surface area contributed by atoms with Crippen molar-refractivity contribution in [2.45, 2.75) is 26.9 Å². The predicted octanol–water partition coefficient (Wildman–Crippen LogP) is 5.37. The summed E-state index contributed by atoms with van der Waals surface area (Å²) < 4.78 is 2.28. The molecule has 7 heteroatoms. The first-order valence-corrected chi connectivity index (χ1v) is 12.2. The SMILES string of the molecule is Cc1cc(C)c2sc(N(Cc3ccccc3)C(=O)Cn3nc(-c4ccccc4)ccc3=O)nc2c1. The third-order valence-corrected chi connectivity index (χ3v) is 6.97. The van der Waals surface area contributed by atoms with Crippen molar-refractivity contribution in [2.24, 2.45) is 0 Å². The molecule has 0 radical (unpaired) electrons. The zero-order chi connectivity index (χ0) is 24.4. The van der Waals surface area contributed by atoms with Gasteiger partial charge in [0.15, 0.2) is 5.13 Å². The Morgan fingerprint density at radius 2 is 1.66 bits per heavy atom. The van der Waals surface area contributed by atoms with E-state index in [2.05, 4.69) is 18.1 Å². The van der Waals surface area contributed by atoms with Crippen molar-refractivity contribution in [3.05, 3.63) is 112 Å². The van der Waals surface area contributed by atoms with Crippen molar-refractivity contribution in [2.75, 3.05) is 4.90 Å². The summed E-state index contributed by atoms with van der Waals surface area (Å²) in [7, 11) is 0. The quantitative estimate of drug-likeness (QED) is 0.328. The number of carbonyl (C=O) groups is 1. The maximum absolute atomic E-state index is 13.6. The van der Waals surface area contributed by atoms with Crippen LogP contribution in [0.5, 0.6) is 0 Å². The van der Waals surface area contributed by atoms with Crippen LogP contribution in [0.2, 0.25) is 0 Å². The van der Waals surface area contributed by atoms with Crippen molar-refractivity contribution >= 4 is 32.6 Å². The highest BCUT2D eigenvalue weighted by molar-refractivity contribution is 7.22. The molecule has 6 nitrogen and oxygen atoms in total. The third-order valence-electron chi connectivity index (χ3n) is 5.75. The molecule has 2 heterocycles. The van der Waals surface area contributed by atoms with E-state index in [9.17, 15) is 9.59 Å². The Labute approximate surface area is 207 Å². The summed E-state index contributed by atoms with van der Waals surface area (Å²) in [5, 5.41) is 5.08. The molecule has 0 bridgehead atoms. The molecule has 0 N–H and O–H groups in total. The van der Waals surface area contributed by atoms with Gasteiger partial charge in [-0.2, -0.15) is 5.10 Å². The number of aromatic nitrogens is 3. The van der Waals surface area contributed by atoms with Crippen LogP contribution in [0.25, 0.3) is 21.5 Å². The molecule has 0 atom stereocenters. The molecule has 0 fully saturated rings. The van der Waals surface area contributed by atoms with Gasteiger partial charge in [-0.05, 0) is 42.7 Å². The minimum absolute atomic E-state index is 0.180. The third kappa shape index (κ3) is 4.90. The fourth-order valence-corrected chi connectivity index (χ4v) is 5.08. The van der Waals surface area contributed by atoms with Crippen LogP contribution in [0, 0.1) is 13.8 Å². The van der Waals surface area contributed by atoms with Crippen LogP contribution in [0.15, 0.2) is 89.7 Å². The fourth-order valence-electron chi connectivity index (χ4n) is 4.05. The molecule has 0 saturated carbocycles. The summed E-state index contributed by atoms with van der Waals surface area (Å²) >= 11 is 1.49. The van der Waals surface area contributed by atoms with E-state index in [0.29, 0.717) is 17.4 Å². The normalized spacial score (nSPS) is 11.0. The molecule has 0 aliphatic carbocycles. The smallest absolute Gasteiger partial charge is 0.267 e. The Kier molecular flexibility index (Phi) is 6.25. The minimum atomic E-state index is -0.325. The first kappa shape index (κ1) is 22.7. The molecular formula is C28H24N4O2S. The van der Waals surface area contributed by atoms with Gasteiger partial charge >= 0.3 is 0 Å². The molecule has 0 spiro atoms. The summed E-state index contributed by atoms with van der Waals surface area (Å²) in [6.07, 6.45) is 0. The lowest BCUT2D eigenvalue weighted by Crippen LogP contribution is -2.37. The number of thiazole rings is 1. The highest BCUT2D eigenvalue weighted by atomic mass is 32.1. The van der Waals surface area contributed by atoms with Crippen LogP contribution in [0.1, 0.15) is 16.7 Å². The van der Waals surface area contributed by atoms with Crippen LogP contribution in [0.4, 0.5) is 5.13 Å². The van der Waals surface area contributed by atoms with E-state index in [1.165, 1.54) is 22.1 Å². The van der Waals surface area contributed by atoms with Gasteiger partial charge in [-0.15, -0.1) is 0 Å². The van der Waals surface area contributed by atoms with Gasteiger partial charge in [-0.3, -0.25) is 14.5 Å². The van der Waals surface area contributed by atoms with E-state index in [4.69, 9.17) is 4.98 Å². The van der Waals surface area contributed by atoms with Gasteiger partial charge in [0, 0.05) is 11.6 Å². The van der Waals surface area contributed by atoms with Crippen molar-refractivity contribution in [3.63, 3.8) is 0 Å². The molecule has 0 unspecified atom stereocenters.